The first-order chi connectivity index (χ1) is 13.4. The number of benzene rings is 2. The van der Waals surface area contributed by atoms with Crippen molar-refractivity contribution in [2.45, 2.75) is 44.1 Å². The number of aryl methyl sites for hydroxylation is 1. The van der Waals surface area contributed by atoms with Crippen LogP contribution in [0, 0.1) is 6.92 Å². The van der Waals surface area contributed by atoms with Crippen LogP contribution < -0.4 is 4.74 Å². The summed E-state index contributed by atoms with van der Waals surface area (Å²) in [4.78, 5) is 14.4. The van der Waals surface area contributed by atoms with Gasteiger partial charge in [-0.25, -0.2) is 8.42 Å². The van der Waals surface area contributed by atoms with Crippen LogP contribution in [0.1, 0.15) is 34.0 Å². The summed E-state index contributed by atoms with van der Waals surface area (Å²) in [6.45, 7) is 3.32. The Labute approximate surface area is 167 Å². The molecule has 2 aromatic rings. The third-order valence-electron chi connectivity index (χ3n) is 4.88. The van der Waals surface area contributed by atoms with Crippen LogP contribution in [0.25, 0.3) is 0 Å². The maximum Gasteiger partial charge on any atom is 0.425 e. The number of halogens is 3. The van der Waals surface area contributed by atoms with Crippen molar-refractivity contribution in [2.75, 3.05) is 6.26 Å². The molecule has 0 bridgehead atoms. The summed E-state index contributed by atoms with van der Waals surface area (Å²) in [5.74, 6) is -0.893. The molecule has 5 nitrogen and oxygen atoms in total. The molecule has 0 aromatic heterocycles. The summed E-state index contributed by atoms with van der Waals surface area (Å²) in [7, 11) is -3.66. The van der Waals surface area contributed by atoms with E-state index in [0.29, 0.717) is 0 Å². The monoisotopic (exact) mass is 427 g/mol. The van der Waals surface area contributed by atoms with Gasteiger partial charge in [-0.2, -0.15) is 13.2 Å². The molecule has 0 spiro atoms. The second kappa shape index (κ2) is 7.37. The van der Waals surface area contributed by atoms with Crippen molar-refractivity contribution < 1.29 is 31.1 Å². The van der Waals surface area contributed by atoms with Crippen LogP contribution in [0.2, 0.25) is 0 Å². The Kier molecular flexibility index (Phi) is 5.38. The van der Waals surface area contributed by atoms with E-state index in [1.54, 1.807) is 0 Å². The quantitative estimate of drug-likeness (QED) is 0.743. The highest BCUT2D eigenvalue weighted by atomic mass is 32.2. The molecular weight excluding hydrogens is 407 g/mol. The van der Waals surface area contributed by atoms with Crippen LogP contribution in [-0.4, -0.2) is 37.8 Å². The number of hydrogen-bond acceptors (Lipinski definition) is 4. The van der Waals surface area contributed by atoms with Gasteiger partial charge in [-0.15, -0.1) is 0 Å². The number of sulfone groups is 1. The highest BCUT2D eigenvalue weighted by Gasteiger charge is 2.39. The fraction of sp³-hybridized carbons (Fsp3) is 0.350. The average molecular weight is 427 g/mol. The van der Waals surface area contributed by atoms with Gasteiger partial charge in [-0.3, -0.25) is 4.79 Å². The number of carbonyl (C=O) groups is 1. The third kappa shape index (κ3) is 4.39. The highest BCUT2D eigenvalue weighted by Crippen LogP contribution is 2.32. The summed E-state index contributed by atoms with van der Waals surface area (Å²) < 4.78 is 67.6. The number of nitrogens with zero attached hydrogens (tertiary/aromatic N) is 1. The summed E-state index contributed by atoms with van der Waals surface area (Å²) in [6, 6.07) is 8.97. The van der Waals surface area contributed by atoms with E-state index in [1.165, 1.54) is 4.90 Å². The molecule has 0 saturated heterocycles. The maximum absolute atomic E-state index is 13.1. The SMILES string of the molecule is Cc1cccc2c1CN(C(=O)c1cc(S(C)(=O)=O)ccc1OC(C)C(F)(F)F)C2. The van der Waals surface area contributed by atoms with Crippen molar-refractivity contribution in [3.05, 3.63) is 58.7 Å². The fourth-order valence-electron chi connectivity index (χ4n) is 3.17. The zero-order valence-electron chi connectivity index (χ0n) is 16.1. The number of alkyl halides is 3. The average Bonchev–Trinajstić information content (AvgIpc) is 3.05. The van der Waals surface area contributed by atoms with Gasteiger partial charge in [-0.05, 0) is 48.7 Å². The number of fused-ring (bicyclic) bond motifs is 1. The smallest absolute Gasteiger partial charge is 0.425 e. The van der Waals surface area contributed by atoms with E-state index in [9.17, 15) is 26.4 Å². The Morgan fingerprint density at radius 1 is 1.17 bits per heavy atom. The molecule has 156 valence electrons. The fourth-order valence-corrected chi connectivity index (χ4v) is 3.82. The van der Waals surface area contributed by atoms with Crippen LogP contribution in [0.5, 0.6) is 5.75 Å². The van der Waals surface area contributed by atoms with Gasteiger partial charge in [0.15, 0.2) is 15.9 Å². The van der Waals surface area contributed by atoms with Crippen LogP contribution in [0.3, 0.4) is 0 Å². The minimum Gasteiger partial charge on any atom is -0.480 e. The molecule has 0 saturated carbocycles. The summed E-state index contributed by atoms with van der Waals surface area (Å²) >= 11 is 0. The first-order valence-electron chi connectivity index (χ1n) is 8.82. The van der Waals surface area contributed by atoms with Gasteiger partial charge in [0.25, 0.3) is 5.91 Å². The van der Waals surface area contributed by atoms with E-state index >= 15 is 0 Å². The summed E-state index contributed by atoms with van der Waals surface area (Å²) in [5.41, 5.74) is 2.72. The Morgan fingerprint density at radius 2 is 1.86 bits per heavy atom. The van der Waals surface area contributed by atoms with E-state index in [2.05, 4.69) is 0 Å². The van der Waals surface area contributed by atoms with Gasteiger partial charge >= 0.3 is 6.18 Å². The topological polar surface area (TPSA) is 63.7 Å². The van der Waals surface area contributed by atoms with E-state index in [0.717, 1.165) is 48.1 Å². The lowest BCUT2D eigenvalue weighted by molar-refractivity contribution is -0.189. The van der Waals surface area contributed by atoms with Crippen LogP contribution in [0.4, 0.5) is 13.2 Å². The second-order valence-corrected chi connectivity index (χ2v) is 9.12. The van der Waals surface area contributed by atoms with Crippen LogP contribution in [0.15, 0.2) is 41.3 Å². The standard InChI is InChI=1S/C20H20F3NO4S/c1-12-5-4-6-14-10-24(11-17(12)14)19(25)16-9-15(29(3,26)27)7-8-18(16)28-13(2)20(21,22)23/h4-9,13H,10-11H2,1-3H3. The normalized spacial score (nSPS) is 15.2. The van der Waals surface area contributed by atoms with Gasteiger partial charge in [0.05, 0.1) is 10.5 Å². The second-order valence-electron chi connectivity index (χ2n) is 7.11. The van der Waals surface area contributed by atoms with Crippen molar-refractivity contribution in [1.29, 1.82) is 0 Å². The first kappa shape index (κ1) is 21.2. The van der Waals surface area contributed by atoms with Crippen molar-refractivity contribution >= 4 is 15.7 Å². The van der Waals surface area contributed by atoms with Crippen molar-refractivity contribution in [1.82, 2.24) is 4.90 Å². The first-order valence-corrected chi connectivity index (χ1v) is 10.7. The molecule has 1 aliphatic rings. The molecule has 1 amide bonds. The van der Waals surface area contributed by atoms with E-state index in [-0.39, 0.29) is 29.3 Å². The van der Waals surface area contributed by atoms with Crippen molar-refractivity contribution in [3.8, 4) is 5.75 Å². The number of amides is 1. The Hall–Kier alpha value is -2.55. The van der Waals surface area contributed by atoms with Gasteiger partial charge in [0.2, 0.25) is 0 Å². The molecule has 1 aliphatic heterocycles. The Balaban J connectivity index is 1.99. The largest absolute Gasteiger partial charge is 0.480 e. The van der Waals surface area contributed by atoms with Gasteiger partial charge in [0, 0.05) is 19.3 Å². The van der Waals surface area contributed by atoms with E-state index in [1.807, 2.05) is 25.1 Å². The molecule has 3 rings (SSSR count). The molecule has 0 aliphatic carbocycles. The Bertz CT molecular complexity index is 1060. The minimum absolute atomic E-state index is 0.166. The number of carbonyl (C=O) groups excluding carboxylic acids is 1. The lowest BCUT2D eigenvalue weighted by Gasteiger charge is -2.22. The lowest BCUT2D eigenvalue weighted by Crippen LogP contribution is -2.32. The lowest BCUT2D eigenvalue weighted by atomic mass is 10.1. The predicted octanol–water partition coefficient (Wildman–Crippen LogP) is 3.88. The van der Waals surface area contributed by atoms with Gasteiger partial charge in [0.1, 0.15) is 5.75 Å². The van der Waals surface area contributed by atoms with Crippen molar-refractivity contribution in [3.63, 3.8) is 0 Å². The Morgan fingerprint density at radius 3 is 2.45 bits per heavy atom. The van der Waals surface area contributed by atoms with E-state index in [4.69, 9.17) is 4.74 Å². The van der Waals surface area contributed by atoms with Gasteiger partial charge < -0.3 is 9.64 Å². The number of ether oxygens (including phenoxy) is 1. The molecule has 9 heteroatoms. The van der Waals surface area contributed by atoms with Crippen LogP contribution >= 0.6 is 0 Å². The van der Waals surface area contributed by atoms with E-state index < -0.39 is 28.0 Å². The zero-order chi connectivity index (χ0) is 21.6. The molecule has 0 N–H and O–H groups in total. The maximum atomic E-state index is 13.1. The summed E-state index contributed by atoms with van der Waals surface area (Å²) in [6.07, 6.45) is -5.82. The molecule has 2 aromatic carbocycles. The van der Waals surface area contributed by atoms with Crippen LogP contribution in [-0.2, 0) is 22.9 Å². The number of hydrogen-bond donors (Lipinski definition) is 0. The molecular formula is C20H20F3NO4S. The van der Waals surface area contributed by atoms with Gasteiger partial charge in [-0.1, -0.05) is 18.2 Å². The molecule has 0 fully saturated rings. The van der Waals surface area contributed by atoms with Crippen molar-refractivity contribution in [2.24, 2.45) is 0 Å². The minimum atomic E-state index is -4.63. The molecule has 1 unspecified atom stereocenters. The third-order valence-corrected chi connectivity index (χ3v) is 5.99. The molecule has 1 atom stereocenters. The zero-order valence-corrected chi connectivity index (χ0v) is 16.9. The predicted molar refractivity (Wildman–Crippen MR) is 100 cm³/mol. The molecule has 29 heavy (non-hydrogen) atoms. The molecule has 1 heterocycles. The number of rotatable bonds is 4. The summed E-state index contributed by atoms with van der Waals surface area (Å²) in [5, 5.41) is 0. The molecule has 0 radical (unpaired) electrons. The highest BCUT2D eigenvalue weighted by molar-refractivity contribution is 7.90.